The van der Waals surface area contributed by atoms with Gasteiger partial charge in [0.15, 0.2) is 0 Å². The molecule has 2 aliphatic rings. The third-order valence-corrected chi connectivity index (χ3v) is 5.95. The largest absolute Gasteiger partial charge is 0.460 e. The minimum atomic E-state index is -0.895. The zero-order chi connectivity index (χ0) is 20.2. The first kappa shape index (κ1) is 21.3. The molecule has 0 radical (unpaired) electrons. The predicted molar refractivity (Wildman–Crippen MR) is 111 cm³/mol. The molecule has 1 saturated carbocycles. The van der Waals surface area contributed by atoms with E-state index in [1.807, 2.05) is 20.8 Å². The molecule has 0 amide bonds. The molecule has 1 saturated heterocycles. The Balaban J connectivity index is 1.41. The fourth-order valence-corrected chi connectivity index (χ4v) is 4.46. The Morgan fingerprint density at radius 2 is 1.71 bits per heavy atom. The van der Waals surface area contributed by atoms with E-state index in [0.29, 0.717) is 18.9 Å². The second-order valence-corrected chi connectivity index (χ2v) is 9.52. The van der Waals surface area contributed by atoms with Gasteiger partial charge in [-0.3, -0.25) is 14.6 Å². The topological polar surface area (TPSA) is 53.0 Å². The monoisotopic (exact) mass is 388 g/mol. The first-order chi connectivity index (χ1) is 13.2. The van der Waals surface area contributed by atoms with Gasteiger partial charge in [-0.25, -0.2) is 0 Å². The van der Waals surface area contributed by atoms with Crippen molar-refractivity contribution in [1.82, 2.24) is 9.80 Å². The zero-order valence-electron chi connectivity index (χ0n) is 17.7. The van der Waals surface area contributed by atoms with E-state index in [2.05, 4.69) is 40.1 Å². The third kappa shape index (κ3) is 6.29. The summed E-state index contributed by atoms with van der Waals surface area (Å²) in [5.74, 6) is -0.289. The van der Waals surface area contributed by atoms with Crippen molar-refractivity contribution in [3.05, 3.63) is 35.9 Å². The van der Waals surface area contributed by atoms with Crippen LogP contribution < -0.4 is 0 Å². The normalized spacial score (nSPS) is 27.5. The standard InChI is InChI=1S/C23H36N2O3/c1-22(2,3)28-21(26)17-23(27)11-9-20(10-12-23)25-15-13-24(14-16-25)18-19-7-5-4-6-8-19/h4-8,20,27H,9-18H2,1-3H3. The van der Waals surface area contributed by atoms with Crippen LogP contribution in [-0.4, -0.2) is 64.3 Å². The molecule has 0 bridgehead atoms. The van der Waals surface area contributed by atoms with Crippen LogP contribution in [0.2, 0.25) is 0 Å². The first-order valence-corrected chi connectivity index (χ1v) is 10.7. The molecular weight excluding hydrogens is 352 g/mol. The number of ether oxygens (including phenoxy) is 1. The van der Waals surface area contributed by atoms with Crippen LogP contribution in [-0.2, 0) is 16.1 Å². The highest BCUT2D eigenvalue weighted by atomic mass is 16.6. The summed E-state index contributed by atoms with van der Waals surface area (Å²) in [6.45, 7) is 11.0. The lowest BCUT2D eigenvalue weighted by molar-refractivity contribution is -0.162. The second-order valence-electron chi connectivity index (χ2n) is 9.52. The van der Waals surface area contributed by atoms with Crippen molar-refractivity contribution in [1.29, 1.82) is 0 Å². The number of aliphatic hydroxyl groups is 1. The number of hydrogen-bond acceptors (Lipinski definition) is 5. The molecule has 0 atom stereocenters. The van der Waals surface area contributed by atoms with Crippen molar-refractivity contribution in [2.45, 2.75) is 76.7 Å². The van der Waals surface area contributed by atoms with Crippen molar-refractivity contribution >= 4 is 5.97 Å². The number of piperazine rings is 1. The van der Waals surface area contributed by atoms with E-state index in [4.69, 9.17) is 4.74 Å². The molecule has 0 spiro atoms. The van der Waals surface area contributed by atoms with Crippen LogP contribution in [0.15, 0.2) is 30.3 Å². The summed E-state index contributed by atoms with van der Waals surface area (Å²) in [4.78, 5) is 17.2. The van der Waals surface area contributed by atoms with E-state index in [-0.39, 0.29) is 12.4 Å². The molecule has 5 nitrogen and oxygen atoms in total. The van der Waals surface area contributed by atoms with Crippen LogP contribution in [0.4, 0.5) is 0 Å². The predicted octanol–water partition coefficient (Wildman–Crippen LogP) is 3.21. The minimum absolute atomic E-state index is 0.113. The minimum Gasteiger partial charge on any atom is -0.460 e. The van der Waals surface area contributed by atoms with E-state index >= 15 is 0 Å². The summed E-state index contributed by atoms with van der Waals surface area (Å²) in [5, 5.41) is 10.8. The van der Waals surface area contributed by atoms with Crippen LogP contribution in [0.25, 0.3) is 0 Å². The number of esters is 1. The fraction of sp³-hybridized carbons (Fsp3) is 0.696. The van der Waals surface area contributed by atoms with E-state index in [9.17, 15) is 9.90 Å². The Morgan fingerprint density at radius 3 is 2.29 bits per heavy atom. The molecule has 1 aromatic carbocycles. The smallest absolute Gasteiger partial charge is 0.309 e. The van der Waals surface area contributed by atoms with E-state index < -0.39 is 11.2 Å². The second kappa shape index (κ2) is 8.93. The van der Waals surface area contributed by atoms with Gasteiger partial charge >= 0.3 is 5.97 Å². The average Bonchev–Trinajstić information content (AvgIpc) is 2.62. The average molecular weight is 389 g/mol. The molecule has 1 heterocycles. The quantitative estimate of drug-likeness (QED) is 0.785. The molecular formula is C23H36N2O3. The summed E-state index contributed by atoms with van der Waals surface area (Å²) < 4.78 is 5.39. The van der Waals surface area contributed by atoms with Gasteiger partial charge in [0.1, 0.15) is 5.60 Å². The van der Waals surface area contributed by atoms with Gasteiger partial charge in [-0.2, -0.15) is 0 Å². The first-order valence-electron chi connectivity index (χ1n) is 10.7. The third-order valence-electron chi connectivity index (χ3n) is 5.95. The number of hydrogen-bond donors (Lipinski definition) is 1. The maximum atomic E-state index is 12.1. The van der Waals surface area contributed by atoms with Crippen molar-refractivity contribution in [3.8, 4) is 0 Å². The molecule has 3 rings (SSSR count). The van der Waals surface area contributed by atoms with Gasteiger partial charge in [0.05, 0.1) is 12.0 Å². The number of carbonyl (C=O) groups is 1. The summed E-state index contributed by atoms with van der Waals surface area (Å²) in [5.41, 5.74) is -0.0151. The van der Waals surface area contributed by atoms with Gasteiger partial charge in [-0.15, -0.1) is 0 Å². The number of benzene rings is 1. The van der Waals surface area contributed by atoms with Crippen molar-refractivity contribution in [2.75, 3.05) is 26.2 Å². The van der Waals surface area contributed by atoms with Crippen LogP contribution >= 0.6 is 0 Å². The van der Waals surface area contributed by atoms with E-state index in [1.165, 1.54) is 5.56 Å². The molecule has 0 aromatic heterocycles. The van der Waals surface area contributed by atoms with Gasteiger partial charge in [-0.1, -0.05) is 30.3 Å². The van der Waals surface area contributed by atoms with Gasteiger partial charge < -0.3 is 9.84 Å². The number of carbonyl (C=O) groups excluding carboxylic acids is 1. The summed E-state index contributed by atoms with van der Waals surface area (Å²) in [6.07, 6.45) is 3.39. The van der Waals surface area contributed by atoms with Gasteiger partial charge in [0.25, 0.3) is 0 Å². The van der Waals surface area contributed by atoms with Crippen molar-refractivity contribution in [3.63, 3.8) is 0 Å². The SMILES string of the molecule is CC(C)(C)OC(=O)CC1(O)CCC(N2CCN(Cc3ccccc3)CC2)CC1. The van der Waals surface area contributed by atoms with Gasteiger partial charge in [0.2, 0.25) is 0 Å². The molecule has 1 N–H and O–H groups in total. The molecule has 2 fully saturated rings. The zero-order valence-corrected chi connectivity index (χ0v) is 17.7. The van der Waals surface area contributed by atoms with E-state index in [0.717, 1.165) is 45.6 Å². The Kier molecular flexibility index (Phi) is 6.79. The van der Waals surface area contributed by atoms with Crippen LogP contribution in [0.3, 0.4) is 0 Å². The maximum absolute atomic E-state index is 12.1. The van der Waals surface area contributed by atoms with Crippen LogP contribution in [0, 0.1) is 0 Å². The molecule has 1 aliphatic carbocycles. The molecule has 5 heteroatoms. The molecule has 28 heavy (non-hydrogen) atoms. The Morgan fingerprint density at radius 1 is 1.11 bits per heavy atom. The van der Waals surface area contributed by atoms with Gasteiger partial charge in [-0.05, 0) is 52.0 Å². The Labute approximate surface area is 169 Å². The molecule has 0 unspecified atom stereocenters. The summed E-state index contributed by atoms with van der Waals surface area (Å²) in [7, 11) is 0. The highest BCUT2D eigenvalue weighted by Gasteiger charge is 2.38. The maximum Gasteiger partial charge on any atom is 0.309 e. The lowest BCUT2D eigenvalue weighted by atomic mass is 9.79. The highest BCUT2D eigenvalue weighted by molar-refractivity contribution is 5.71. The lowest BCUT2D eigenvalue weighted by Crippen LogP contribution is -2.52. The van der Waals surface area contributed by atoms with Crippen molar-refractivity contribution < 1.29 is 14.6 Å². The fourth-order valence-electron chi connectivity index (χ4n) is 4.46. The number of rotatable bonds is 5. The van der Waals surface area contributed by atoms with Gasteiger partial charge in [0, 0.05) is 38.8 Å². The Hall–Kier alpha value is -1.43. The molecule has 1 aromatic rings. The van der Waals surface area contributed by atoms with Crippen LogP contribution in [0.5, 0.6) is 0 Å². The Bertz CT molecular complexity index is 625. The summed E-state index contributed by atoms with van der Waals surface area (Å²) >= 11 is 0. The summed E-state index contributed by atoms with van der Waals surface area (Å²) in [6, 6.07) is 11.2. The number of nitrogens with zero attached hydrogens (tertiary/aromatic N) is 2. The van der Waals surface area contributed by atoms with E-state index in [1.54, 1.807) is 0 Å². The lowest BCUT2D eigenvalue weighted by Gasteiger charge is -2.44. The van der Waals surface area contributed by atoms with Crippen LogP contribution in [0.1, 0.15) is 58.4 Å². The molecule has 1 aliphatic heterocycles. The van der Waals surface area contributed by atoms with Crippen molar-refractivity contribution in [2.24, 2.45) is 0 Å². The highest BCUT2D eigenvalue weighted by Crippen LogP contribution is 2.34. The molecule has 156 valence electrons.